The number of rotatable bonds is 7. The highest BCUT2D eigenvalue weighted by atomic mass is 19.1. The van der Waals surface area contributed by atoms with Crippen LogP contribution in [0.2, 0.25) is 0 Å². The van der Waals surface area contributed by atoms with Gasteiger partial charge in [0.05, 0.1) is 0 Å². The van der Waals surface area contributed by atoms with Gasteiger partial charge in [0.2, 0.25) is 0 Å². The van der Waals surface area contributed by atoms with Crippen molar-refractivity contribution in [2.75, 3.05) is 37.6 Å². The number of benzene rings is 2. The number of anilines is 1. The number of ether oxygens (including phenoxy) is 1. The summed E-state index contributed by atoms with van der Waals surface area (Å²) < 4.78 is 18.4. The van der Waals surface area contributed by atoms with Crippen molar-refractivity contribution in [2.45, 2.75) is 19.3 Å². The maximum absolute atomic E-state index is 13.4. The van der Waals surface area contributed by atoms with Crippen LogP contribution in [0.15, 0.2) is 48.7 Å². The fourth-order valence-electron chi connectivity index (χ4n) is 4.10. The predicted molar refractivity (Wildman–Crippen MR) is 117 cm³/mol. The maximum atomic E-state index is 13.4. The van der Waals surface area contributed by atoms with Gasteiger partial charge in [0.15, 0.2) is 0 Å². The highest BCUT2D eigenvalue weighted by Crippen LogP contribution is 2.25. The van der Waals surface area contributed by atoms with Crippen LogP contribution < -0.4 is 15.4 Å². The molecule has 2 heterocycles. The van der Waals surface area contributed by atoms with Crippen LogP contribution in [0.3, 0.4) is 0 Å². The van der Waals surface area contributed by atoms with Gasteiger partial charge >= 0.3 is 6.09 Å². The second-order valence-corrected chi connectivity index (χ2v) is 7.71. The first-order chi connectivity index (χ1) is 14.6. The Bertz CT molecular complexity index is 1010. The molecule has 158 valence electrons. The summed E-state index contributed by atoms with van der Waals surface area (Å²) in [6, 6.07) is 12.3. The molecule has 0 atom stereocenters. The number of nitrogens with two attached hydrogens (primary N) is 1. The van der Waals surface area contributed by atoms with E-state index in [1.807, 2.05) is 24.4 Å². The standard InChI is InChI=1S/C23H27FN4O2/c24-18-5-3-6-19(14-18)28-12-10-27(11-13-28)9-2-1-4-17-16-26-22-8-7-20(15-21(17)22)30-23(25)29/h3,5-8,14-16,26H,1-2,4,9-13H2,(H2,25,29). The lowest BCUT2D eigenvalue weighted by molar-refractivity contribution is 0.211. The number of amides is 1. The van der Waals surface area contributed by atoms with Gasteiger partial charge in [0.25, 0.3) is 0 Å². The number of fused-ring (bicyclic) bond motifs is 1. The van der Waals surface area contributed by atoms with Gasteiger partial charge in [-0.3, -0.25) is 4.90 Å². The summed E-state index contributed by atoms with van der Waals surface area (Å²) in [7, 11) is 0. The van der Waals surface area contributed by atoms with Crippen molar-refractivity contribution < 1.29 is 13.9 Å². The van der Waals surface area contributed by atoms with E-state index >= 15 is 0 Å². The van der Waals surface area contributed by atoms with E-state index in [2.05, 4.69) is 14.8 Å². The van der Waals surface area contributed by atoms with Crippen molar-refractivity contribution in [3.8, 4) is 5.75 Å². The summed E-state index contributed by atoms with van der Waals surface area (Å²) in [5.74, 6) is 0.285. The third-order valence-corrected chi connectivity index (χ3v) is 5.67. The van der Waals surface area contributed by atoms with Gasteiger partial charge in [0, 0.05) is 49.0 Å². The third-order valence-electron chi connectivity index (χ3n) is 5.67. The summed E-state index contributed by atoms with van der Waals surface area (Å²) in [5.41, 5.74) is 8.31. The fourth-order valence-corrected chi connectivity index (χ4v) is 4.10. The quantitative estimate of drug-likeness (QED) is 0.579. The number of hydrogen-bond donors (Lipinski definition) is 2. The van der Waals surface area contributed by atoms with Crippen molar-refractivity contribution in [2.24, 2.45) is 5.73 Å². The first kappa shape index (κ1) is 20.2. The molecule has 7 heteroatoms. The Kier molecular flexibility index (Phi) is 6.18. The van der Waals surface area contributed by atoms with E-state index in [0.717, 1.165) is 68.6 Å². The molecule has 1 fully saturated rings. The molecular weight excluding hydrogens is 383 g/mol. The first-order valence-electron chi connectivity index (χ1n) is 10.4. The van der Waals surface area contributed by atoms with Crippen molar-refractivity contribution in [1.82, 2.24) is 9.88 Å². The molecule has 0 bridgehead atoms. The van der Waals surface area contributed by atoms with Gasteiger partial charge in [-0.1, -0.05) is 6.07 Å². The molecule has 0 spiro atoms. The van der Waals surface area contributed by atoms with E-state index in [4.69, 9.17) is 10.5 Å². The molecule has 3 aromatic rings. The zero-order chi connectivity index (χ0) is 20.9. The van der Waals surface area contributed by atoms with Crippen LogP contribution in [0.1, 0.15) is 18.4 Å². The van der Waals surface area contributed by atoms with E-state index in [1.54, 1.807) is 18.2 Å². The molecule has 1 aliphatic heterocycles. The molecular formula is C23H27FN4O2. The third kappa shape index (κ3) is 4.91. The summed E-state index contributed by atoms with van der Waals surface area (Å²) in [4.78, 5) is 19.0. The van der Waals surface area contributed by atoms with Gasteiger partial charge in [0.1, 0.15) is 11.6 Å². The molecule has 0 saturated carbocycles. The first-order valence-corrected chi connectivity index (χ1v) is 10.4. The lowest BCUT2D eigenvalue weighted by Gasteiger charge is -2.36. The number of nitrogens with one attached hydrogen (secondary N) is 1. The van der Waals surface area contributed by atoms with Gasteiger partial charge in [-0.15, -0.1) is 0 Å². The topological polar surface area (TPSA) is 74.6 Å². The zero-order valence-corrected chi connectivity index (χ0v) is 16.9. The molecule has 2 aromatic carbocycles. The number of unbranched alkanes of at least 4 members (excludes halogenated alkanes) is 1. The van der Waals surface area contributed by atoms with Crippen LogP contribution in [0.5, 0.6) is 5.75 Å². The molecule has 0 unspecified atom stereocenters. The van der Waals surface area contributed by atoms with Crippen molar-refractivity contribution in [1.29, 1.82) is 0 Å². The molecule has 0 radical (unpaired) electrons. The Labute approximate surface area is 175 Å². The fraction of sp³-hybridized carbons (Fsp3) is 0.348. The lowest BCUT2D eigenvalue weighted by atomic mass is 10.1. The van der Waals surface area contributed by atoms with E-state index in [0.29, 0.717) is 5.75 Å². The molecule has 1 saturated heterocycles. The Morgan fingerprint density at radius 2 is 1.93 bits per heavy atom. The van der Waals surface area contributed by atoms with E-state index in [-0.39, 0.29) is 5.82 Å². The highest BCUT2D eigenvalue weighted by Gasteiger charge is 2.17. The number of aryl methyl sites for hydroxylation is 1. The minimum absolute atomic E-state index is 0.180. The van der Waals surface area contributed by atoms with Crippen LogP contribution in [0.25, 0.3) is 10.9 Å². The summed E-state index contributed by atoms with van der Waals surface area (Å²) in [5, 5.41) is 1.07. The number of primary amides is 1. The Hall–Kier alpha value is -3.06. The van der Waals surface area contributed by atoms with Gasteiger partial charge in [-0.2, -0.15) is 0 Å². The average Bonchev–Trinajstić information content (AvgIpc) is 3.13. The second kappa shape index (κ2) is 9.17. The zero-order valence-electron chi connectivity index (χ0n) is 16.9. The molecule has 4 rings (SSSR count). The Morgan fingerprint density at radius 1 is 1.10 bits per heavy atom. The molecule has 30 heavy (non-hydrogen) atoms. The smallest absolute Gasteiger partial charge is 0.409 e. The number of aromatic amines is 1. The molecule has 1 aromatic heterocycles. The maximum Gasteiger partial charge on any atom is 0.409 e. The SMILES string of the molecule is NC(=O)Oc1ccc2[nH]cc(CCCCN3CCN(c4cccc(F)c4)CC3)c2c1. The molecule has 1 amide bonds. The van der Waals surface area contributed by atoms with Gasteiger partial charge in [-0.05, 0) is 67.8 Å². The number of hydrogen-bond acceptors (Lipinski definition) is 4. The number of carbonyl (C=O) groups is 1. The monoisotopic (exact) mass is 410 g/mol. The van der Waals surface area contributed by atoms with E-state index < -0.39 is 6.09 Å². The van der Waals surface area contributed by atoms with Crippen LogP contribution in [-0.2, 0) is 6.42 Å². The van der Waals surface area contributed by atoms with E-state index in [9.17, 15) is 9.18 Å². The second-order valence-electron chi connectivity index (χ2n) is 7.71. The van der Waals surface area contributed by atoms with Crippen LogP contribution in [-0.4, -0.2) is 48.7 Å². The van der Waals surface area contributed by atoms with Crippen molar-refractivity contribution in [3.05, 3.63) is 60.0 Å². The Balaban J connectivity index is 1.23. The van der Waals surface area contributed by atoms with Gasteiger partial charge in [-0.25, -0.2) is 9.18 Å². The number of carbonyl (C=O) groups excluding carboxylic acids is 1. The molecule has 6 nitrogen and oxygen atoms in total. The molecule has 1 aliphatic rings. The lowest BCUT2D eigenvalue weighted by Crippen LogP contribution is -2.46. The molecule has 0 aliphatic carbocycles. The number of piperazine rings is 1. The van der Waals surface area contributed by atoms with Crippen molar-refractivity contribution in [3.63, 3.8) is 0 Å². The van der Waals surface area contributed by atoms with Crippen LogP contribution in [0.4, 0.5) is 14.9 Å². The summed E-state index contributed by atoms with van der Waals surface area (Å²) in [6.07, 6.45) is 4.38. The van der Waals surface area contributed by atoms with Gasteiger partial charge < -0.3 is 20.4 Å². The number of aromatic nitrogens is 1. The van der Waals surface area contributed by atoms with E-state index in [1.165, 1.54) is 11.6 Å². The number of H-pyrrole nitrogens is 1. The van der Waals surface area contributed by atoms with Crippen molar-refractivity contribution >= 4 is 22.7 Å². The minimum Gasteiger partial charge on any atom is -0.410 e. The largest absolute Gasteiger partial charge is 0.410 e. The van der Waals surface area contributed by atoms with Crippen LogP contribution in [0, 0.1) is 5.82 Å². The summed E-state index contributed by atoms with van der Waals surface area (Å²) >= 11 is 0. The summed E-state index contributed by atoms with van der Waals surface area (Å²) in [6.45, 7) is 4.91. The average molecular weight is 410 g/mol. The normalized spacial score (nSPS) is 14.9. The Morgan fingerprint density at radius 3 is 2.70 bits per heavy atom. The van der Waals surface area contributed by atoms with Crippen LogP contribution >= 0.6 is 0 Å². The minimum atomic E-state index is -0.802. The predicted octanol–water partition coefficient (Wildman–Crippen LogP) is 3.91. The molecule has 3 N–H and O–H groups in total. The number of halogens is 1. The highest BCUT2D eigenvalue weighted by molar-refractivity contribution is 5.85. The number of nitrogens with zero attached hydrogens (tertiary/aromatic N) is 2.